The summed E-state index contributed by atoms with van der Waals surface area (Å²) >= 11 is 0. The number of carbonyl (C=O) groups is 4. The molecule has 10 heteroatoms. The molecule has 2 aromatic heterocycles. The molecule has 0 aromatic carbocycles. The monoisotopic (exact) mass is 458 g/mol. The van der Waals surface area contributed by atoms with E-state index in [2.05, 4.69) is 9.97 Å². The highest BCUT2D eigenvalue weighted by Gasteiger charge is 2.23. The first-order valence-corrected chi connectivity index (χ1v) is 10.2. The predicted molar refractivity (Wildman–Crippen MR) is 119 cm³/mol. The number of esters is 2. The van der Waals surface area contributed by atoms with Crippen molar-refractivity contribution in [2.24, 2.45) is 0 Å². The molecule has 0 aliphatic rings. The molecule has 0 aliphatic heterocycles. The van der Waals surface area contributed by atoms with Crippen LogP contribution in [0.25, 0.3) is 12.2 Å². The highest BCUT2D eigenvalue weighted by molar-refractivity contribution is 5.94. The van der Waals surface area contributed by atoms with Gasteiger partial charge in [-0.3, -0.25) is 0 Å². The van der Waals surface area contributed by atoms with Crippen molar-refractivity contribution < 1.29 is 38.9 Å². The van der Waals surface area contributed by atoms with E-state index in [0.29, 0.717) is 33.6 Å². The summed E-state index contributed by atoms with van der Waals surface area (Å²) in [5.41, 5.74) is 3.25. The molecule has 2 aromatic rings. The van der Waals surface area contributed by atoms with E-state index in [0.717, 1.165) is 12.2 Å². The van der Waals surface area contributed by atoms with E-state index in [1.165, 1.54) is 12.2 Å². The molecule has 33 heavy (non-hydrogen) atoms. The van der Waals surface area contributed by atoms with Crippen molar-refractivity contribution in [1.29, 1.82) is 0 Å². The second-order valence-corrected chi connectivity index (χ2v) is 7.00. The number of aromatic amines is 2. The fraction of sp³-hybridized carbons (Fsp3) is 0.304. The smallest absolute Gasteiger partial charge is 0.355 e. The third-order valence-electron chi connectivity index (χ3n) is 4.86. The Morgan fingerprint density at radius 1 is 0.758 bits per heavy atom. The van der Waals surface area contributed by atoms with Crippen LogP contribution in [0, 0.1) is 13.8 Å². The fourth-order valence-corrected chi connectivity index (χ4v) is 3.38. The summed E-state index contributed by atoms with van der Waals surface area (Å²) in [7, 11) is 0. The zero-order valence-corrected chi connectivity index (χ0v) is 18.8. The van der Waals surface area contributed by atoms with Gasteiger partial charge < -0.3 is 29.7 Å². The first kappa shape index (κ1) is 25.2. The van der Waals surface area contributed by atoms with Crippen LogP contribution in [0.2, 0.25) is 0 Å². The maximum absolute atomic E-state index is 12.3. The number of carbonyl (C=O) groups excluding carboxylic acids is 2. The second kappa shape index (κ2) is 11.0. The Balaban J connectivity index is 2.64. The maximum Gasteiger partial charge on any atom is 0.355 e. The number of carboxylic acid groups (broad SMARTS) is 2. The van der Waals surface area contributed by atoms with Crippen LogP contribution in [0.3, 0.4) is 0 Å². The molecule has 2 heterocycles. The minimum atomic E-state index is -1.16. The molecule has 0 aliphatic carbocycles. The minimum Gasteiger partial charge on any atom is -0.478 e. The molecule has 0 saturated heterocycles. The topological polar surface area (TPSA) is 159 Å². The summed E-state index contributed by atoms with van der Waals surface area (Å²) in [4.78, 5) is 52.8. The number of hydrogen-bond acceptors (Lipinski definition) is 6. The van der Waals surface area contributed by atoms with Gasteiger partial charge in [-0.05, 0) is 62.1 Å². The predicted octanol–water partition coefficient (Wildman–Crippen LogP) is 3.10. The minimum absolute atomic E-state index is 0.110. The van der Waals surface area contributed by atoms with Crippen molar-refractivity contribution >= 4 is 36.0 Å². The molecule has 10 nitrogen and oxygen atoms in total. The van der Waals surface area contributed by atoms with Crippen LogP contribution in [0.5, 0.6) is 0 Å². The fourth-order valence-electron chi connectivity index (χ4n) is 3.38. The molecule has 4 N–H and O–H groups in total. The van der Waals surface area contributed by atoms with Crippen LogP contribution >= 0.6 is 0 Å². The maximum atomic E-state index is 12.3. The van der Waals surface area contributed by atoms with E-state index in [-0.39, 0.29) is 31.0 Å². The Morgan fingerprint density at radius 3 is 1.42 bits per heavy atom. The number of H-pyrrole nitrogens is 2. The quantitative estimate of drug-likeness (QED) is 0.312. The normalized spacial score (nSPS) is 11.3. The van der Waals surface area contributed by atoms with Gasteiger partial charge in [0, 0.05) is 30.0 Å². The Bertz CT molecular complexity index is 1050. The van der Waals surface area contributed by atoms with Crippen molar-refractivity contribution in [3.63, 3.8) is 0 Å². The zero-order chi connectivity index (χ0) is 24.7. The van der Waals surface area contributed by atoms with Crippen molar-refractivity contribution in [3.8, 4) is 0 Å². The Morgan fingerprint density at radius 2 is 1.12 bits per heavy atom. The third kappa shape index (κ3) is 6.00. The van der Waals surface area contributed by atoms with Gasteiger partial charge in [0.1, 0.15) is 11.4 Å². The van der Waals surface area contributed by atoms with Crippen LogP contribution in [0.4, 0.5) is 0 Å². The molecule has 0 fully saturated rings. The molecule has 0 amide bonds. The lowest BCUT2D eigenvalue weighted by Gasteiger charge is -2.03. The number of rotatable bonds is 10. The molecule has 0 radical (unpaired) electrons. The van der Waals surface area contributed by atoms with Crippen LogP contribution in [0.15, 0.2) is 12.2 Å². The molecule has 0 unspecified atom stereocenters. The lowest BCUT2D eigenvalue weighted by atomic mass is 10.0. The summed E-state index contributed by atoms with van der Waals surface area (Å²) in [6.07, 6.45) is 4.73. The molecule has 0 spiro atoms. The van der Waals surface area contributed by atoms with Gasteiger partial charge in [0.2, 0.25) is 0 Å². The third-order valence-corrected chi connectivity index (χ3v) is 4.86. The lowest BCUT2D eigenvalue weighted by molar-refractivity contribution is -0.132. The van der Waals surface area contributed by atoms with Crippen molar-refractivity contribution in [2.75, 3.05) is 13.2 Å². The summed E-state index contributed by atoms with van der Waals surface area (Å²) in [6.45, 7) is 6.97. The van der Waals surface area contributed by atoms with Gasteiger partial charge in [-0.2, -0.15) is 0 Å². The first-order valence-electron chi connectivity index (χ1n) is 10.2. The van der Waals surface area contributed by atoms with Crippen LogP contribution in [0.1, 0.15) is 68.5 Å². The molecule has 0 saturated carbocycles. The summed E-state index contributed by atoms with van der Waals surface area (Å²) in [6, 6.07) is 0. The summed E-state index contributed by atoms with van der Waals surface area (Å²) in [5, 5.41) is 18.1. The molecule has 0 bridgehead atoms. The molecular weight excluding hydrogens is 432 g/mol. The number of hydrogen-bond donors (Lipinski definition) is 4. The number of ether oxygens (including phenoxy) is 2. The second-order valence-electron chi connectivity index (χ2n) is 7.00. The van der Waals surface area contributed by atoms with Gasteiger partial charge in [0.15, 0.2) is 0 Å². The average molecular weight is 458 g/mol. The van der Waals surface area contributed by atoms with Gasteiger partial charge in [0.25, 0.3) is 0 Å². The van der Waals surface area contributed by atoms with E-state index >= 15 is 0 Å². The Labute approximate surface area is 189 Å². The summed E-state index contributed by atoms with van der Waals surface area (Å²) < 4.78 is 10.1. The summed E-state index contributed by atoms with van der Waals surface area (Å²) in [5.74, 6) is -3.51. The van der Waals surface area contributed by atoms with Crippen molar-refractivity contribution in [1.82, 2.24) is 9.97 Å². The van der Waals surface area contributed by atoms with E-state index < -0.39 is 23.9 Å². The van der Waals surface area contributed by atoms with Crippen molar-refractivity contribution in [3.05, 3.63) is 57.2 Å². The number of carboxylic acids is 2. The Kier molecular flexibility index (Phi) is 8.38. The van der Waals surface area contributed by atoms with Gasteiger partial charge in [-0.1, -0.05) is 0 Å². The van der Waals surface area contributed by atoms with Crippen LogP contribution in [-0.4, -0.2) is 57.3 Å². The van der Waals surface area contributed by atoms with Gasteiger partial charge in [0.05, 0.1) is 13.2 Å². The standard InChI is InChI=1S/C23H26N2O8/c1-5-32-22(30)20-12(3)14(7-9-18(26)27)16(24-20)11-17-15(8-10-19(28)29)13(4)21(25-17)23(31)33-6-2/h7-10,24-25H,5-6,11H2,1-4H3,(H,26,27)(H,28,29). The van der Waals surface area contributed by atoms with Crippen LogP contribution < -0.4 is 0 Å². The first-order chi connectivity index (χ1) is 15.6. The highest BCUT2D eigenvalue weighted by atomic mass is 16.5. The van der Waals surface area contributed by atoms with E-state index in [4.69, 9.17) is 19.7 Å². The van der Waals surface area contributed by atoms with E-state index in [1.807, 2.05) is 0 Å². The van der Waals surface area contributed by atoms with Gasteiger partial charge >= 0.3 is 23.9 Å². The van der Waals surface area contributed by atoms with Crippen molar-refractivity contribution in [2.45, 2.75) is 34.1 Å². The van der Waals surface area contributed by atoms with Gasteiger partial charge in [-0.15, -0.1) is 0 Å². The number of aromatic nitrogens is 2. The number of aliphatic carboxylic acids is 2. The zero-order valence-electron chi connectivity index (χ0n) is 18.8. The largest absolute Gasteiger partial charge is 0.478 e. The molecule has 0 atom stereocenters. The Hall–Kier alpha value is -4.08. The van der Waals surface area contributed by atoms with E-state index in [9.17, 15) is 19.2 Å². The highest BCUT2D eigenvalue weighted by Crippen LogP contribution is 2.27. The van der Waals surface area contributed by atoms with Crippen LogP contribution in [-0.2, 0) is 25.5 Å². The molecule has 2 rings (SSSR count). The SMILES string of the molecule is CCOC(=O)c1[nH]c(Cc2[nH]c(C(=O)OCC)c(C)c2C=CC(=O)O)c(C=CC(=O)O)c1C. The average Bonchev–Trinajstić information content (AvgIpc) is 3.21. The lowest BCUT2D eigenvalue weighted by Crippen LogP contribution is -2.07. The molecular formula is C23H26N2O8. The molecule has 176 valence electrons. The number of nitrogens with one attached hydrogen (secondary N) is 2. The van der Waals surface area contributed by atoms with Gasteiger partial charge in [-0.25, -0.2) is 19.2 Å². The van der Waals surface area contributed by atoms with E-state index in [1.54, 1.807) is 27.7 Å².